The molecule has 0 aliphatic carbocycles. The average Bonchev–Trinajstić information content (AvgIpc) is 2.22. The molecule has 0 atom stereocenters. The molecule has 1 rings (SSSR count). The van der Waals surface area contributed by atoms with Crippen LogP contribution in [-0.4, -0.2) is 26.0 Å². The first-order valence-corrected chi connectivity index (χ1v) is 7.46. The van der Waals surface area contributed by atoms with Crippen LogP contribution in [-0.2, 0) is 9.84 Å². The van der Waals surface area contributed by atoms with Crippen molar-refractivity contribution >= 4 is 9.84 Å². The highest BCUT2D eigenvalue weighted by Gasteiger charge is 2.16. The molecule has 0 unspecified atom stereocenters. The summed E-state index contributed by atoms with van der Waals surface area (Å²) in [6.07, 6.45) is 0. The van der Waals surface area contributed by atoms with Gasteiger partial charge in [0.05, 0.1) is 11.0 Å². The van der Waals surface area contributed by atoms with Crippen LogP contribution in [0.1, 0.15) is 25.0 Å². The van der Waals surface area contributed by atoms with Crippen LogP contribution in [0.2, 0.25) is 0 Å². The van der Waals surface area contributed by atoms with Crippen molar-refractivity contribution in [1.82, 2.24) is 0 Å². The summed E-state index contributed by atoms with van der Waals surface area (Å²) in [7, 11) is -3.02. The number of rotatable bonds is 5. The molecule has 3 nitrogen and oxygen atoms in total. The Bertz CT molecular complexity index is 455. The number of ether oxygens (including phenoxy) is 1. The van der Waals surface area contributed by atoms with E-state index < -0.39 is 9.84 Å². The van der Waals surface area contributed by atoms with E-state index in [1.807, 2.05) is 32.0 Å². The fourth-order valence-corrected chi connectivity index (χ4v) is 2.31. The zero-order valence-corrected chi connectivity index (χ0v) is 11.7. The first kappa shape index (κ1) is 14.0. The van der Waals surface area contributed by atoms with Gasteiger partial charge in [-0.25, -0.2) is 8.42 Å². The fourth-order valence-electron chi connectivity index (χ4n) is 1.52. The normalized spacial score (nSPS) is 11.8. The van der Waals surface area contributed by atoms with E-state index >= 15 is 0 Å². The number of sulfone groups is 1. The minimum Gasteiger partial charge on any atom is -0.492 e. The largest absolute Gasteiger partial charge is 0.492 e. The zero-order valence-electron chi connectivity index (χ0n) is 10.9. The highest BCUT2D eigenvalue weighted by Crippen LogP contribution is 2.22. The van der Waals surface area contributed by atoms with Gasteiger partial charge in [-0.3, -0.25) is 0 Å². The predicted molar refractivity (Wildman–Crippen MR) is 70.3 cm³/mol. The Kier molecular flexibility index (Phi) is 4.57. The summed E-state index contributed by atoms with van der Waals surface area (Å²) in [5.74, 6) is 0.866. The molecular formula is C13H20O3S. The minimum atomic E-state index is -3.02. The van der Waals surface area contributed by atoms with Crippen molar-refractivity contribution in [3.8, 4) is 5.75 Å². The molecule has 96 valence electrons. The lowest BCUT2D eigenvalue weighted by atomic mass is 10.1. The van der Waals surface area contributed by atoms with Gasteiger partial charge in [0.2, 0.25) is 0 Å². The third kappa shape index (κ3) is 3.73. The van der Waals surface area contributed by atoms with Crippen LogP contribution in [0.15, 0.2) is 18.2 Å². The summed E-state index contributed by atoms with van der Waals surface area (Å²) in [4.78, 5) is 0. The maximum absolute atomic E-state index is 11.6. The lowest BCUT2D eigenvalue weighted by Crippen LogP contribution is -2.22. The minimum absolute atomic E-state index is 0.0679. The van der Waals surface area contributed by atoms with Crippen molar-refractivity contribution in [3.63, 3.8) is 0 Å². The lowest BCUT2D eigenvalue weighted by Gasteiger charge is -2.13. The molecule has 0 aromatic heterocycles. The Morgan fingerprint density at radius 3 is 2.18 bits per heavy atom. The van der Waals surface area contributed by atoms with Crippen LogP contribution in [0, 0.1) is 13.8 Å². The molecule has 17 heavy (non-hydrogen) atoms. The molecule has 0 N–H and O–H groups in total. The average molecular weight is 256 g/mol. The van der Waals surface area contributed by atoms with Gasteiger partial charge in [-0.15, -0.1) is 0 Å². The summed E-state index contributed by atoms with van der Waals surface area (Å²) in [6, 6.07) is 5.88. The molecule has 4 heteroatoms. The molecule has 1 aromatic carbocycles. The molecule has 0 spiro atoms. The van der Waals surface area contributed by atoms with Gasteiger partial charge in [0.15, 0.2) is 9.84 Å². The smallest absolute Gasteiger partial charge is 0.155 e. The van der Waals surface area contributed by atoms with Gasteiger partial charge in [0, 0.05) is 0 Å². The maximum atomic E-state index is 11.6. The molecule has 0 fully saturated rings. The first-order valence-electron chi connectivity index (χ1n) is 5.75. The number of aryl methyl sites for hydroxylation is 2. The second-order valence-corrected chi connectivity index (χ2v) is 7.16. The topological polar surface area (TPSA) is 43.4 Å². The molecule has 0 aliphatic heterocycles. The van der Waals surface area contributed by atoms with Crippen molar-refractivity contribution in [2.24, 2.45) is 0 Å². The van der Waals surface area contributed by atoms with Crippen LogP contribution in [0.3, 0.4) is 0 Å². The van der Waals surface area contributed by atoms with E-state index in [0.29, 0.717) is 0 Å². The Labute approximate surface area is 104 Å². The third-order valence-corrected chi connectivity index (χ3v) is 4.91. The van der Waals surface area contributed by atoms with Crippen molar-refractivity contribution < 1.29 is 13.2 Å². The van der Waals surface area contributed by atoms with E-state index in [4.69, 9.17) is 4.74 Å². The Morgan fingerprint density at radius 2 is 1.71 bits per heavy atom. The highest BCUT2D eigenvalue weighted by atomic mass is 32.2. The second-order valence-electron chi connectivity index (χ2n) is 4.49. The van der Waals surface area contributed by atoms with Gasteiger partial charge < -0.3 is 4.74 Å². The van der Waals surface area contributed by atoms with Gasteiger partial charge in [0.25, 0.3) is 0 Å². The molecule has 1 aromatic rings. The van der Waals surface area contributed by atoms with Crippen molar-refractivity contribution in [3.05, 3.63) is 29.3 Å². The maximum Gasteiger partial charge on any atom is 0.155 e. The summed E-state index contributed by atoms with van der Waals surface area (Å²) in [5.41, 5.74) is 2.07. The summed E-state index contributed by atoms with van der Waals surface area (Å²) >= 11 is 0. The molecular weight excluding hydrogens is 236 g/mol. The molecule has 0 aliphatic rings. The van der Waals surface area contributed by atoms with Gasteiger partial charge in [-0.05, 0) is 38.8 Å². The third-order valence-electron chi connectivity index (χ3n) is 2.74. The number of hydrogen-bond acceptors (Lipinski definition) is 3. The van der Waals surface area contributed by atoms with E-state index in [-0.39, 0.29) is 17.6 Å². The van der Waals surface area contributed by atoms with Crippen molar-refractivity contribution in [2.75, 3.05) is 12.4 Å². The SMILES string of the molecule is Cc1cccc(C)c1OCCS(=O)(=O)C(C)C. The standard InChI is InChI=1S/C13H20O3S/c1-10(2)17(14,15)9-8-16-13-11(3)6-5-7-12(13)4/h5-7,10H,8-9H2,1-4H3. The molecule has 0 amide bonds. The molecule has 0 bridgehead atoms. The predicted octanol–water partition coefficient (Wildman–Crippen LogP) is 2.51. The van der Waals surface area contributed by atoms with Crippen LogP contribution < -0.4 is 4.74 Å². The van der Waals surface area contributed by atoms with E-state index in [1.54, 1.807) is 13.8 Å². The van der Waals surface area contributed by atoms with Crippen molar-refractivity contribution in [1.29, 1.82) is 0 Å². The number of para-hydroxylation sites is 1. The lowest BCUT2D eigenvalue weighted by molar-refractivity contribution is 0.336. The van der Waals surface area contributed by atoms with Crippen LogP contribution in [0.5, 0.6) is 5.75 Å². The Hall–Kier alpha value is -1.03. The summed E-state index contributed by atoms with van der Waals surface area (Å²) < 4.78 is 28.8. The molecule has 0 saturated carbocycles. The Morgan fingerprint density at radius 1 is 1.18 bits per heavy atom. The zero-order chi connectivity index (χ0) is 13.1. The number of hydrogen-bond donors (Lipinski definition) is 0. The summed E-state index contributed by atoms with van der Waals surface area (Å²) in [6.45, 7) is 7.51. The van der Waals surface area contributed by atoms with Gasteiger partial charge >= 0.3 is 0 Å². The first-order chi connectivity index (χ1) is 7.84. The highest BCUT2D eigenvalue weighted by molar-refractivity contribution is 7.91. The molecule has 0 saturated heterocycles. The van der Waals surface area contributed by atoms with Gasteiger partial charge in [-0.2, -0.15) is 0 Å². The van der Waals surface area contributed by atoms with Crippen LogP contribution in [0.25, 0.3) is 0 Å². The summed E-state index contributed by atoms with van der Waals surface area (Å²) in [5, 5.41) is -0.343. The fraction of sp³-hybridized carbons (Fsp3) is 0.538. The van der Waals surface area contributed by atoms with E-state index in [2.05, 4.69) is 0 Å². The monoisotopic (exact) mass is 256 g/mol. The number of benzene rings is 1. The van der Waals surface area contributed by atoms with Gasteiger partial charge in [0.1, 0.15) is 12.4 Å². The molecule has 0 radical (unpaired) electrons. The van der Waals surface area contributed by atoms with Crippen LogP contribution >= 0.6 is 0 Å². The second kappa shape index (κ2) is 5.54. The van der Waals surface area contributed by atoms with Gasteiger partial charge in [-0.1, -0.05) is 18.2 Å². The van der Waals surface area contributed by atoms with Crippen molar-refractivity contribution in [2.45, 2.75) is 32.9 Å². The van der Waals surface area contributed by atoms with E-state index in [9.17, 15) is 8.42 Å². The van der Waals surface area contributed by atoms with E-state index in [0.717, 1.165) is 16.9 Å². The van der Waals surface area contributed by atoms with E-state index in [1.165, 1.54) is 0 Å². The van der Waals surface area contributed by atoms with Crippen LogP contribution in [0.4, 0.5) is 0 Å². The Balaban J connectivity index is 2.64. The molecule has 0 heterocycles. The quantitative estimate of drug-likeness (QED) is 0.813.